The van der Waals surface area contributed by atoms with Crippen LogP contribution in [0.15, 0.2) is 53.3 Å². The van der Waals surface area contributed by atoms with Crippen molar-refractivity contribution in [2.24, 2.45) is 0 Å². The van der Waals surface area contributed by atoms with Crippen molar-refractivity contribution in [1.29, 1.82) is 0 Å². The number of aromatic nitrogens is 2. The molecular weight excluding hydrogens is 429 g/mol. The SMILES string of the molecule is O=C1CC(C(=O)Nc2ccc(Cl)c(Cl)c2)c2c(nc(Nc3ccccc3)[nH]c2=O)N1. The smallest absolute Gasteiger partial charge is 0.258 e. The van der Waals surface area contributed by atoms with Crippen molar-refractivity contribution in [1.82, 2.24) is 9.97 Å². The number of carbonyl (C=O) groups is 2. The number of H-pyrrole nitrogens is 1. The third kappa shape index (κ3) is 4.14. The van der Waals surface area contributed by atoms with Crippen LogP contribution < -0.4 is 21.5 Å². The summed E-state index contributed by atoms with van der Waals surface area (Å²) in [5, 5.41) is 8.80. The minimum Gasteiger partial charge on any atom is -0.326 e. The molecule has 30 heavy (non-hydrogen) atoms. The number of amides is 2. The molecule has 1 aliphatic heterocycles. The van der Waals surface area contributed by atoms with Gasteiger partial charge in [-0.25, -0.2) is 0 Å². The van der Waals surface area contributed by atoms with Gasteiger partial charge in [-0.2, -0.15) is 4.98 Å². The highest BCUT2D eigenvalue weighted by molar-refractivity contribution is 6.42. The molecular formula is C20H15Cl2N5O3. The lowest BCUT2D eigenvalue weighted by Crippen LogP contribution is -2.36. The molecule has 1 atom stereocenters. The second-order valence-electron chi connectivity index (χ2n) is 6.59. The number of nitrogens with one attached hydrogen (secondary N) is 4. The van der Waals surface area contributed by atoms with Gasteiger partial charge in [-0.3, -0.25) is 19.4 Å². The number of halogens is 2. The molecule has 2 amide bonds. The lowest BCUT2D eigenvalue weighted by Gasteiger charge is -2.23. The Morgan fingerprint density at radius 3 is 2.53 bits per heavy atom. The van der Waals surface area contributed by atoms with E-state index in [1.165, 1.54) is 12.1 Å². The molecule has 4 N–H and O–H groups in total. The molecule has 0 fully saturated rings. The van der Waals surface area contributed by atoms with Crippen LogP contribution in [-0.4, -0.2) is 21.8 Å². The fourth-order valence-electron chi connectivity index (χ4n) is 3.12. The monoisotopic (exact) mass is 443 g/mol. The van der Waals surface area contributed by atoms with Gasteiger partial charge in [-0.1, -0.05) is 41.4 Å². The minimum absolute atomic E-state index is 0.0442. The van der Waals surface area contributed by atoms with E-state index >= 15 is 0 Å². The number of para-hydroxylation sites is 1. The molecule has 152 valence electrons. The maximum absolute atomic E-state index is 12.8. The number of carbonyl (C=O) groups excluding carboxylic acids is 2. The molecule has 8 nitrogen and oxygen atoms in total. The van der Waals surface area contributed by atoms with Crippen LogP contribution in [0.25, 0.3) is 0 Å². The number of anilines is 4. The Kier molecular flexibility index (Phi) is 5.43. The Balaban J connectivity index is 1.64. The number of rotatable bonds is 4. The fraction of sp³-hybridized carbons (Fsp3) is 0.100. The molecule has 0 bridgehead atoms. The Hall–Kier alpha value is -3.36. The summed E-state index contributed by atoms with van der Waals surface area (Å²) >= 11 is 11.9. The van der Waals surface area contributed by atoms with Crippen LogP contribution in [0.5, 0.6) is 0 Å². The highest BCUT2D eigenvalue weighted by Crippen LogP contribution is 2.31. The summed E-state index contributed by atoms with van der Waals surface area (Å²) in [4.78, 5) is 44.6. The highest BCUT2D eigenvalue weighted by Gasteiger charge is 2.34. The highest BCUT2D eigenvalue weighted by atomic mass is 35.5. The molecule has 1 unspecified atom stereocenters. The van der Waals surface area contributed by atoms with E-state index in [0.717, 1.165) is 0 Å². The first-order chi connectivity index (χ1) is 14.4. The Labute approximate surface area is 180 Å². The van der Waals surface area contributed by atoms with Gasteiger partial charge in [0.25, 0.3) is 5.56 Å². The van der Waals surface area contributed by atoms with E-state index in [1.54, 1.807) is 18.2 Å². The van der Waals surface area contributed by atoms with Gasteiger partial charge in [-0.15, -0.1) is 0 Å². The lowest BCUT2D eigenvalue weighted by atomic mass is 9.92. The largest absolute Gasteiger partial charge is 0.326 e. The van der Waals surface area contributed by atoms with E-state index in [4.69, 9.17) is 23.2 Å². The fourth-order valence-corrected chi connectivity index (χ4v) is 3.41. The van der Waals surface area contributed by atoms with Crippen LogP contribution >= 0.6 is 23.2 Å². The molecule has 4 rings (SSSR count). The summed E-state index contributed by atoms with van der Waals surface area (Å²) in [5.74, 6) is -1.76. The summed E-state index contributed by atoms with van der Waals surface area (Å²) in [6.07, 6.45) is -0.184. The summed E-state index contributed by atoms with van der Waals surface area (Å²) in [5.41, 5.74) is 0.670. The normalized spacial score (nSPS) is 15.1. The van der Waals surface area contributed by atoms with Gasteiger partial charge in [-0.05, 0) is 30.3 Å². The van der Waals surface area contributed by atoms with Crippen molar-refractivity contribution in [3.8, 4) is 0 Å². The molecule has 2 heterocycles. The minimum atomic E-state index is -1.01. The van der Waals surface area contributed by atoms with Gasteiger partial charge in [0, 0.05) is 17.8 Å². The van der Waals surface area contributed by atoms with Crippen molar-refractivity contribution >= 4 is 58.2 Å². The number of nitrogens with zero attached hydrogens (tertiary/aromatic N) is 1. The maximum Gasteiger partial charge on any atom is 0.258 e. The average Bonchev–Trinajstić information content (AvgIpc) is 2.70. The molecule has 0 spiro atoms. The number of hydrogen-bond donors (Lipinski definition) is 4. The van der Waals surface area contributed by atoms with Crippen molar-refractivity contribution < 1.29 is 9.59 Å². The molecule has 1 aliphatic rings. The number of aromatic amines is 1. The van der Waals surface area contributed by atoms with Crippen LogP contribution in [0.3, 0.4) is 0 Å². The molecule has 0 radical (unpaired) electrons. The predicted molar refractivity (Wildman–Crippen MR) is 116 cm³/mol. The van der Waals surface area contributed by atoms with Crippen LogP contribution in [0, 0.1) is 0 Å². The Bertz CT molecular complexity index is 1200. The lowest BCUT2D eigenvalue weighted by molar-refractivity contribution is -0.123. The number of fused-ring (bicyclic) bond motifs is 1. The van der Waals surface area contributed by atoms with Crippen LogP contribution in [0.2, 0.25) is 10.0 Å². The average molecular weight is 444 g/mol. The third-order valence-corrected chi connectivity index (χ3v) is 5.23. The van der Waals surface area contributed by atoms with Gasteiger partial charge in [0.1, 0.15) is 5.82 Å². The van der Waals surface area contributed by atoms with Crippen molar-refractivity contribution in [3.05, 3.63) is 74.5 Å². The first-order valence-electron chi connectivity index (χ1n) is 8.93. The molecule has 0 saturated carbocycles. The summed E-state index contributed by atoms with van der Waals surface area (Å²) in [6.45, 7) is 0. The summed E-state index contributed by atoms with van der Waals surface area (Å²) < 4.78 is 0. The van der Waals surface area contributed by atoms with Crippen LogP contribution in [-0.2, 0) is 9.59 Å². The van der Waals surface area contributed by atoms with Gasteiger partial charge >= 0.3 is 0 Å². The second kappa shape index (κ2) is 8.17. The zero-order chi connectivity index (χ0) is 21.3. The van der Waals surface area contributed by atoms with E-state index in [2.05, 4.69) is 25.9 Å². The topological polar surface area (TPSA) is 116 Å². The molecule has 0 aliphatic carbocycles. The Morgan fingerprint density at radius 2 is 1.80 bits per heavy atom. The summed E-state index contributed by atoms with van der Waals surface area (Å²) in [6, 6.07) is 13.7. The third-order valence-electron chi connectivity index (χ3n) is 4.49. The van der Waals surface area contributed by atoms with Crippen LogP contribution in [0.4, 0.5) is 23.1 Å². The van der Waals surface area contributed by atoms with Gasteiger partial charge in [0.2, 0.25) is 17.8 Å². The first-order valence-corrected chi connectivity index (χ1v) is 9.68. The van der Waals surface area contributed by atoms with Crippen molar-refractivity contribution in [3.63, 3.8) is 0 Å². The van der Waals surface area contributed by atoms with Crippen molar-refractivity contribution in [2.75, 3.05) is 16.0 Å². The molecule has 3 aromatic rings. The first kappa shape index (κ1) is 19.9. The van der Waals surface area contributed by atoms with Gasteiger partial charge in [0.05, 0.1) is 21.5 Å². The predicted octanol–water partition coefficient (Wildman–Crippen LogP) is 3.88. The van der Waals surface area contributed by atoms with E-state index in [-0.39, 0.29) is 28.8 Å². The molecule has 1 aromatic heterocycles. The van der Waals surface area contributed by atoms with Crippen LogP contribution in [0.1, 0.15) is 17.9 Å². The second-order valence-corrected chi connectivity index (χ2v) is 7.41. The van der Waals surface area contributed by atoms with Gasteiger partial charge < -0.3 is 16.0 Å². The quantitative estimate of drug-likeness (QED) is 0.488. The molecule has 10 heteroatoms. The standard InChI is InChI=1S/C20H15Cl2N5O3/c21-13-7-6-11(8-14(13)22)23-18(29)12-9-15(28)25-17-16(12)19(30)27-20(26-17)24-10-4-2-1-3-5-10/h1-8,12H,9H2,(H,23,29)(H3,24,25,26,27,28,30). The summed E-state index contributed by atoms with van der Waals surface area (Å²) in [7, 11) is 0. The maximum atomic E-state index is 12.8. The Morgan fingerprint density at radius 1 is 1.03 bits per heavy atom. The zero-order valence-corrected chi connectivity index (χ0v) is 16.8. The van der Waals surface area contributed by atoms with E-state index in [0.29, 0.717) is 16.4 Å². The molecule has 0 saturated heterocycles. The van der Waals surface area contributed by atoms with E-state index in [1.807, 2.05) is 18.2 Å². The number of hydrogen-bond acceptors (Lipinski definition) is 5. The van der Waals surface area contributed by atoms with Crippen molar-refractivity contribution in [2.45, 2.75) is 12.3 Å². The number of benzene rings is 2. The van der Waals surface area contributed by atoms with E-state index < -0.39 is 23.3 Å². The van der Waals surface area contributed by atoms with E-state index in [9.17, 15) is 14.4 Å². The zero-order valence-electron chi connectivity index (χ0n) is 15.3. The van der Waals surface area contributed by atoms with Gasteiger partial charge in [0.15, 0.2) is 0 Å². The molecule has 2 aromatic carbocycles.